The van der Waals surface area contributed by atoms with Crippen LogP contribution in [0.1, 0.15) is 47.3 Å². The molecule has 1 aliphatic heterocycles. The fraction of sp³-hybridized carbons (Fsp3) is 0.579. The lowest BCUT2D eigenvalue weighted by Gasteiger charge is -2.22. The van der Waals surface area contributed by atoms with Gasteiger partial charge in [0, 0.05) is 22.3 Å². The molecule has 0 radical (unpaired) electrons. The second kappa shape index (κ2) is 7.16. The summed E-state index contributed by atoms with van der Waals surface area (Å²) in [6.07, 6.45) is 0.809. The molecule has 4 heteroatoms. The van der Waals surface area contributed by atoms with Gasteiger partial charge in [0.25, 0.3) is 0 Å². The number of hydrogen-bond acceptors (Lipinski definition) is 2. The van der Waals surface area contributed by atoms with E-state index < -0.39 is 66.4 Å². The Hall–Kier alpha value is -1.84. The number of carboxylic acids is 1. The highest BCUT2D eigenvalue weighted by Crippen LogP contribution is 2.36. The maximum absolute atomic E-state index is 12.8. The van der Waals surface area contributed by atoms with Gasteiger partial charge in [-0.15, -0.1) is 0 Å². The van der Waals surface area contributed by atoms with Crippen LogP contribution in [0.3, 0.4) is 0 Å². The Labute approximate surface area is 147 Å². The van der Waals surface area contributed by atoms with E-state index in [1.165, 1.54) is 0 Å². The number of carbonyl (C=O) groups excluding carboxylic acids is 1. The minimum atomic E-state index is -2.83. The van der Waals surface area contributed by atoms with Crippen molar-refractivity contribution in [2.45, 2.75) is 38.5 Å². The minimum Gasteiger partial charge on any atom is -0.481 e. The molecule has 0 spiro atoms. The number of likely N-dealkylation sites (tertiary alicyclic amines) is 1. The van der Waals surface area contributed by atoms with E-state index in [1.807, 2.05) is 0 Å². The van der Waals surface area contributed by atoms with Crippen molar-refractivity contribution in [1.82, 2.24) is 4.90 Å². The second-order valence-corrected chi connectivity index (χ2v) is 6.34. The third kappa shape index (κ3) is 3.92. The molecule has 3 rings (SSSR count). The average Bonchev–Trinajstić information content (AvgIpc) is 3.12. The quantitative estimate of drug-likeness (QED) is 0.906. The van der Waals surface area contributed by atoms with Gasteiger partial charge in [-0.3, -0.25) is 9.59 Å². The monoisotopic (exact) mass is 322 g/mol. The molecule has 2 aliphatic rings. The van der Waals surface area contributed by atoms with Gasteiger partial charge in [-0.05, 0) is 36.6 Å². The lowest BCUT2D eigenvalue weighted by molar-refractivity contribution is -0.145. The van der Waals surface area contributed by atoms with Crippen LogP contribution in [0.2, 0.25) is 0 Å². The van der Waals surface area contributed by atoms with E-state index in [0.717, 1.165) is 25.7 Å². The van der Waals surface area contributed by atoms with Gasteiger partial charge < -0.3 is 10.0 Å². The summed E-state index contributed by atoms with van der Waals surface area (Å²) in [7, 11) is 0. The second-order valence-electron chi connectivity index (χ2n) is 6.34. The summed E-state index contributed by atoms with van der Waals surface area (Å²) in [5.41, 5.74) is -0.733. The maximum Gasteiger partial charge on any atom is 0.307 e. The molecular weight excluding hydrogens is 290 g/mol. The molecule has 3 atom stereocenters. The molecule has 0 aromatic heterocycles. The van der Waals surface area contributed by atoms with Gasteiger partial charge in [0.2, 0.25) is 5.91 Å². The Kier molecular flexibility index (Phi) is 2.94. The summed E-state index contributed by atoms with van der Waals surface area (Å²) in [5, 5.41) is 9.68. The zero-order valence-electron chi connectivity index (χ0n) is 19.9. The SMILES string of the molecule is [2H]c1c([2H])c([2H])c(C([2H])([2H])[C@@H](CC(=O)N2C[C@H]3CCCC[C@H]3C2)C(=O)O)c([2H])c1[2H]. The number of carbonyl (C=O) groups is 2. The van der Waals surface area contributed by atoms with E-state index >= 15 is 0 Å². The standard InChI is InChI=1S/C19H25NO3/c21-18(20-12-15-8-4-5-9-16(15)13-20)11-17(19(22)23)10-14-6-2-1-3-7-14/h1-3,6-7,15-17H,4-5,8-13H2,(H,22,23)/t15-,16+,17-/m0/s1/i1D,2D,3D,6D,7D,10D2. The zero-order valence-corrected chi connectivity index (χ0v) is 12.9. The number of aliphatic carboxylic acids is 1. The number of benzene rings is 1. The van der Waals surface area contributed by atoms with Gasteiger partial charge in [0.1, 0.15) is 0 Å². The molecule has 1 aliphatic carbocycles. The van der Waals surface area contributed by atoms with E-state index in [0.29, 0.717) is 24.9 Å². The van der Waals surface area contributed by atoms with Gasteiger partial charge >= 0.3 is 5.97 Å². The number of carboxylic acid groups (broad SMARTS) is 1. The first-order chi connectivity index (χ1) is 14.0. The molecule has 0 unspecified atom stereocenters. The Bertz CT molecular complexity index is 833. The van der Waals surface area contributed by atoms with E-state index in [-0.39, 0.29) is 0 Å². The highest BCUT2D eigenvalue weighted by Gasteiger charge is 2.37. The van der Waals surface area contributed by atoms with Gasteiger partial charge in [-0.25, -0.2) is 0 Å². The molecule has 23 heavy (non-hydrogen) atoms. The molecule has 2 fully saturated rings. The highest BCUT2D eigenvalue weighted by atomic mass is 16.4. The molecule has 4 nitrogen and oxygen atoms in total. The molecule has 0 bridgehead atoms. The Balaban J connectivity index is 1.89. The van der Waals surface area contributed by atoms with Crippen LogP contribution in [0.15, 0.2) is 30.2 Å². The molecule has 1 N–H and O–H groups in total. The van der Waals surface area contributed by atoms with Gasteiger partial charge in [0.15, 0.2) is 0 Å². The third-order valence-corrected chi connectivity index (χ3v) is 4.82. The van der Waals surface area contributed by atoms with Crippen molar-refractivity contribution in [3.63, 3.8) is 0 Å². The van der Waals surface area contributed by atoms with E-state index in [4.69, 9.17) is 9.60 Å². The van der Waals surface area contributed by atoms with Crippen LogP contribution in [-0.2, 0) is 16.0 Å². The van der Waals surface area contributed by atoms with E-state index in [9.17, 15) is 14.7 Å². The van der Waals surface area contributed by atoms with Crippen molar-refractivity contribution in [3.05, 3.63) is 35.8 Å². The molecular formula is C19H25NO3. The Morgan fingerprint density at radius 1 is 1.22 bits per heavy atom. The molecule has 124 valence electrons. The van der Waals surface area contributed by atoms with Crippen LogP contribution in [0, 0.1) is 17.8 Å². The molecule has 1 amide bonds. The molecule has 1 aromatic carbocycles. The fourth-order valence-corrected chi connectivity index (χ4v) is 3.61. The van der Waals surface area contributed by atoms with Crippen LogP contribution in [0.25, 0.3) is 0 Å². The topological polar surface area (TPSA) is 57.6 Å². The first kappa shape index (κ1) is 9.45. The van der Waals surface area contributed by atoms with Gasteiger partial charge in [-0.1, -0.05) is 43.1 Å². The minimum absolute atomic E-state index is 0.392. The summed E-state index contributed by atoms with van der Waals surface area (Å²) in [6.45, 7) is 1.07. The molecule has 1 saturated carbocycles. The van der Waals surface area contributed by atoms with Crippen molar-refractivity contribution in [1.29, 1.82) is 0 Å². The van der Waals surface area contributed by atoms with Gasteiger partial charge in [-0.2, -0.15) is 0 Å². The van der Waals surface area contributed by atoms with Crippen LogP contribution in [0.5, 0.6) is 0 Å². The van der Waals surface area contributed by atoms with Crippen molar-refractivity contribution in [2.24, 2.45) is 17.8 Å². The average molecular weight is 322 g/mol. The first-order valence-corrected chi connectivity index (χ1v) is 8.04. The summed E-state index contributed by atoms with van der Waals surface area (Å²) in [6, 6.07) is -3.76. The summed E-state index contributed by atoms with van der Waals surface area (Å²) >= 11 is 0. The largest absolute Gasteiger partial charge is 0.481 e. The van der Waals surface area contributed by atoms with Gasteiger partial charge in [0.05, 0.1) is 12.8 Å². The zero-order chi connectivity index (χ0) is 22.4. The summed E-state index contributed by atoms with van der Waals surface area (Å²) in [4.78, 5) is 26.3. The maximum atomic E-state index is 12.8. The predicted octanol–water partition coefficient (Wildman–Crippen LogP) is 2.97. The number of nitrogens with zero attached hydrogens (tertiary/aromatic N) is 1. The molecule has 1 saturated heterocycles. The van der Waals surface area contributed by atoms with E-state index in [2.05, 4.69) is 0 Å². The Morgan fingerprint density at radius 2 is 1.83 bits per heavy atom. The van der Waals surface area contributed by atoms with Crippen LogP contribution < -0.4 is 0 Å². The van der Waals surface area contributed by atoms with Crippen molar-refractivity contribution in [2.75, 3.05) is 13.1 Å². The van der Waals surface area contributed by atoms with E-state index in [1.54, 1.807) is 4.90 Å². The first-order valence-electron chi connectivity index (χ1n) is 11.5. The fourth-order valence-electron chi connectivity index (χ4n) is 3.61. The lowest BCUT2D eigenvalue weighted by Crippen LogP contribution is -2.33. The van der Waals surface area contributed by atoms with Crippen LogP contribution >= 0.6 is 0 Å². The van der Waals surface area contributed by atoms with Crippen molar-refractivity contribution in [3.8, 4) is 0 Å². The van der Waals surface area contributed by atoms with Crippen molar-refractivity contribution < 1.29 is 24.3 Å². The van der Waals surface area contributed by atoms with Crippen LogP contribution in [0.4, 0.5) is 0 Å². The Morgan fingerprint density at radius 3 is 2.39 bits per heavy atom. The lowest BCUT2D eigenvalue weighted by atomic mass is 9.82. The number of fused-ring (bicyclic) bond motifs is 1. The molecule has 1 aromatic rings. The number of hydrogen-bond donors (Lipinski definition) is 1. The highest BCUT2D eigenvalue weighted by molar-refractivity contribution is 5.82. The third-order valence-electron chi connectivity index (χ3n) is 4.82. The number of rotatable bonds is 5. The molecule has 1 heterocycles. The smallest absolute Gasteiger partial charge is 0.307 e. The van der Waals surface area contributed by atoms with Crippen LogP contribution in [-0.4, -0.2) is 35.0 Å². The van der Waals surface area contributed by atoms with Crippen molar-refractivity contribution >= 4 is 11.9 Å². The number of amides is 1. The normalized spacial score (nSPS) is 29.9. The summed E-state index contributed by atoms with van der Waals surface area (Å²) in [5.74, 6) is -3.16. The predicted molar refractivity (Wildman–Crippen MR) is 87.9 cm³/mol. The summed E-state index contributed by atoms with van der Waals surface area (Å²) < 4.78 is 55.8.